The van der Waals surface area contributed by atoms with Crippen LogP contribution in [0.25, 0.3) is 0 Å². The molecule has 1 atom stereocenters. The summed E-state index contributed by atoms with van der Waals surface area (Å²) in [5, 5.41) is 5.87. The molecular weight excluding hydrogens is 266 g/mol. The second-order valence-corrected chi connectivity index (χ2v) is 6.52. The molecule has 1 N–H and O–H groups in total. The number of benzene rings is 1. The summed E-state index contributed by atoms with van der Waals surface area (Å²) in [7, 11) is 1.71. The first-order valence-corrected chi connectivity index (χ1v) is 8.07. The largest absolute Gasteiger partial charge is 0.497 e. The molecule has 0 radical (unpaired) electrons. The zero-order valence-electron chi connectivity index (χ0n) is 12.0. The molecule has 1 heterocycles. The third kappa shape index (κ3) is 2.89. The van der Waals surface area contributed by atoms with E-state index in [4.69, 9.17) is 4.74 Å². The Kier molecular flexibility index (Phi) is 4.08. The molecule has 0 saturated heterocycles. The van der Waals surface area contributed by atoms with Crippen LogP contribution < -0.4 is 10.1 Å². The number of methoxy groups -OCH3 is 1. The molecule has 3 heteroatoms. The van der Waals surface area contributed by atoms with E-state index in [2.05, 4.69) is 54.0 Å². The average molecular weight is 287 g/mol. The zero-order valence-corrected chi connectivity index (χ0v) is 12.8. The highest BCUT2D eigenvalue weighted by molar-refractivity contribution is 7.10. The van der Waals surface area contributed by atoms with E-state index in [9.17, 15) is 0 Å². The van der Waals surface area contributed by atoms with Crippen LogP contribution >= 0.6 is 11.3 Å². The highest BCUT2D eigenvalue weighted by atomic mass is 32.1. The van der Waals surface area contributed by atoms with Crippen molar-refractivity contribution in [2.45, 2.75) is 37.8 Å². The molecule has 20 heavy (non-hydrogen) atoms. The number of hydrogen-bond donors (Lipinski definition) is 1. The van der Waals surface area contributed by atoms with Gasteiger partial charge in [0.15, 0.2) is 0 Å². The number of nitrogens with one attached hydrogen (secondary N) is 1. The Morgan fingerprint density at radius 1 is 1.20 bits per heavy atom. The van der Waals surface area contributed by atoms with E-state index < -0.39 is 0 Å². The van der Waals surface area contributed by atoms with Crippen LogP contribution in [0.5, 0.6) is 5.75 Å². The minimum absolute atomic E-state index is 0.469. The standard InChI is InChI=1S/C17H21NOS/c1-12(17-4-3-9-20-17)18-15-10-14(11-15)13-5-7-16(19-2)8-6-13/h3-9,12,14-15,18H,10-11H2,1-2H3/t12-,14?,15?/m0/s1. The molecule has 1 aliphatic rings. The fourth-order valence-electron chi connectivity index (χ4n) is 2.88. The second-order valence-electron chi connectivity index (χ2n) is 5.54. The SMILES string of the molecule is COc1ccc(C2CC(N[C@@H](C)c3cccs3)C2)cc1. The van der Waals surface area contributed by atoms with Crippen molar-refractivity contribution in [1.29, 1.82) is 0 Å². The Labute approximate surface area is 124 Å². The molecular formula is C17H21NOS. The average Bonchev–Trinajstić information content (AvgIpc) is 2.96. The van der Waals surface area contributed by atoms with Crippen LogP contribution in [0.2, 0.25) is 0 Å². The molecule has 0 amide bonds. The topological polar surface area (TPSA) is 21.3 Å². The van der Waals surface area contributed by atoms with Gasteiger partial charge in [-0.1, -0.05) is 18.2 Å². The van der Waals surface area contributed by atoms with Crippen LogP contribution in [0.4, 0.5) is 0 Å². The number of hydrogen-bond acceptors (Lipinski definition) is 3. The number of rotatable bonds is 5. The zero-order chi connectivity index (χ0) is 13.9. The Balaban J connectivity index is 1.50. The van der Waals surface area contributed by atoms with Gasteiger partial charge >= 0.3 is 0 Å². The Morgan fingerprint density at radius 3 is 2.55 bits per heavy atom. The molecule has 2 nitrogen and oxygen atoms in total. The molecule has 0 bridgehead atoms. The first kappa shape index (κ1) is 13.7. The third-order valence-electron chi connectivity index (χ3n) is 4.18. The van der Waals surface area contributed by atoms with Crippen molar-refractivity contribution < 1.29 is 4.74 Å². The molecule has 0 spiro atoms. The van der Waals surface area contributed by atoms with Gasteiger partial charge < -0.3 is 10.1 Å². The predicted octanol–water partition coefficient (Wildman–Crippen LogP) is 4.35. The van der Waals surface area contributed by atoms with E-state index in [1.54, 1.807) is 7.11 Å². The molecule has 0 unspecified atom stereocenters. The molecule has 1 aromatic carbocycles. The monoisotopic (exact) mass is 287 g/mol. The van der Waals surface area contributed by atoms with Crippen molar-refractivity contribution in [2.75, 3.05) is 7.11 Å². The smallest absolute Gasteiger partial charge is 0.118 e. The van der Waals surface area contributed by atoms with E-state index in [0.29, 0.717) is 18.0 Å². The molecule has 3 rings (SSSR count). The fourth-order valence-corrected chi connectivity index (χ4v) is 3.62. The van der Waals surface area contributed by atoms with E-state index in [1.165, 1.54) is 23.3 Å². The normalized spacial score (nSPS) is 23.1. The Bertz CT molecular complexity index is 529. The molecule has 1 saturated carbocycles. The third-order valence-corrected chi connectivity index (χ3v) is 5.24. The Hall–Kier alpha value is -1.32. The lowest BCUT2D eigenvalue weighted by Gasteiger charge is -2.38. The highest BCUT2D eigenvalue weighted by Gasteiger charge is 2.31. The van der Waals surface area contributed by atoms with Crippen LogP contribution in [0.3, 0.4) is 0 Å². The summed E-state index contributed by atoms with van der Waals surface area (Å²) in [4.78, 5) is 1.43. The summed E-state index contributed by atoms with van der Waals surface area (Å²) < 4.78 is 5.20. The first-order valence-electron chi connectivity index (χ1n) is 7.19. The van der Waals surface area contributed by atoms with Gasteiger partial charge in [-0.25, -0.2) is 0 Å². The lowest BCUT2D eigenvalue weighted by molar-refractivity contribution is 0.272. The van der Waals surface area contributed by atoms with Gasteiger partial charge in [-0.05, 0) is 54.8 Å². The van der Waals surface area contributed by atoms with E-state index >= 15 is 0 Å². The molecule has 106 valence electrons. The first-order chi connectivity index (χ1) is 9.76. The van der Waals surface area contributed by atoms with Gasteiger partial charge in [0.25, 0.3) is 0 Å². The van der Waals surface area contributed by atoms with Gasteiger partial charge in [0.2, 0.25) is 0 Å². The molecule has 1 aromatic heterocycles. The van der Waals surface area contributed by atoms with Gasteiger partial charge in [0.1, 0.15) is 5.75 Å². The molecule has 1 aliphatic carbocycles. The van der Waals surface area contributed by atoms with Gasteiger partial charge in [-0.15, -0.1) is 11.3 Å². The summed E-state index contributed by atoms with van der Waals surface area (Å²) in [6.45, 7) is 2.26. The minimum Gasteiger partial charge on any atom is -0.497 e. The van der Waals surface area contributed by atoms with Crippen molar-refractivity contribution in [3.8, 4) is 5.75 Å². The summed E-state index contributed by atoms with van der Waals surface area (Å²) in [5.74, 6) is 1.64. The molecule has 2 aromatic rings. The highest BCUT2D eigenvalue weighted by Crippen LogP contribution is 2.38. The van der Waals surface area contributed by atoms with Crippen molar-refractivity contribution in [3.05, 3.63) is 52.2 Å². The van der Waals surface area contributed by atoms with E-state index in [0.717, 1.165) is 5.75 Å². The maximum Gasteiger partial charge on any atom is 0.118 e. The Morgan fingerprint density at radius 2 is 1.95 bits per heavy atom. The van der Waals surface area contributed by atoms with E-state index in [1.807, 2.05) is 11.3 Å². The van der Waals surface area contributed by atoms with Crippen LogP contribution in [-0.4, -0.2) is 13.2 Å². The lowest BCUT2D eigenvalue weighted by Crippen LogP contribution is -2.41. The fraction of sp³-hybridized carbons (Fsp3) is 0.412. The summed E-state index contributed by atoms with van der Waals surface area (Å²) in [6.07, 6.45) is 2.48. The number of ether oxygens (including phenoxy) is 1. The summed E-state index contributed by atoms with van der Waals surface area (Å²) in [5.41, 5.74) is 1.44. The lowest BCUT2D eigenvalue weighted by atomic mass is 9.75. The maximum atomic E-state index is 5.20. The van der Waals surface area contributed by atoms with E-state index in [-0.39, 0.29) is 0 Å². The maximum absolute atomic E-state index is 5.20. The van der Waals surface area contributed by atoms with Crippen molar-refractivity contribution in [1.82, 2.24) is 5.32 Å². The minimum atomic E-state index is 0.469. The number of thiophene rings is 1. The van der Waals surface area contributed by atoms with Crippen molar-refractivity contribution in [2.24, 2.45) is 0 Å². The molecule has 0 aliphatic heterocycles. The quantitative estimate of drug-likeness (QED) is 0.882. The predicted molar refractivity (Wildman–Crippen MR) is 84.6 cm³/mol. The van der Waals surface area contributed by atoms with Crippen LogP contribution in [0.1, 0.15) is 42.2 Å². The van der Waals surface area contributed by atoms with Gasteiger partial charge in [0, 0.05) is 17.0 Å². The van der Waals surface area contributed by atoms with Crippen LogP contribution in [0.15, 0.2) is 41.8 Å². The van der Waals surface area contributed by atoms with Gasteiger partial charge in [0.05, 0.1) is 7.11 Å². The van der Waals surface area contributed by atoms with Crippen molar-refractivity contribution in [3.63, 3.8) is 0 Å². The summed E-state index contributed by atoms with van der Waals surface area (Å²) >= 11 is 1.83. The summed E-state index contributed by atoms with van der Waals surface area (Å²) in [6, 6.07) is 14.0. The van der Waals surface area contributed by atoms with Crippen LogP contribution in [0, 0.1) is 0 Å². The molecule has 1 fully saturated rings. The van der Waals surface area contributed by atoms with Gasteiger partial charge in [-0.2, -0.15) is 0 Å². The van der Waals surface area contributed by atoms with Gasteiger partial charge in [-0.3, -0.25) is 0 Å². The van der Waals surface area contributed by atoms with Crippen LogP contribution in [-0.2, 0) is 0 Å². The van der Waals surface area contributed by atoms with Crippen molar-refractivity contribution >= 4 is 11.3 Å². The second kappa shape index (κ2) is 5.98.